The maximum absolute atomic E-state index is 5.72. The molecule has 0 aromatic heterocycles. The van der Waals surface area contributed by atoms with E-state index in [4.69, 9.17) is 4.74 Å². The minimum atomic E-state index is 0.468. The van der Waals surface area contributed by atoms with Gasteiger partial charge in [-0.25, -0.2) is 0 Å². The van der Waals surface area contributed by atoms with Gasteiger partial charge >= 0.3 is 0 Å². The Morgan fingerprint density at radius 2 is 2.00 bits per heavy atom. The summed E-state index contributed by atoms with van der Waals surface area (Å²) in [5, 5.41) is 0. The van der Waals surface area contributed by atoms with Crippen molar-refractivity contribution in [2.45, 2.75) is 45.1 Å². The highest BCUT2D eigenvalue weighted by Gasteiger charge is 2.12. The molecule has 0 radical (unpaired) electrons. The van der Waals surface area contributed by atoms with Gasteiger partial charge in [0, 0.05) is 0 Å². The molecule has 0 saturated carbocycles. The smallest absolute Gasteiger partial charge is 0.0653 e. The van der Waals surface area contributed by atoms with E-state index in [0.717, 1.165) is 13.0 Å². The van der Waals surface area contributed by atoms with Crippen molar-refractivity contribution in [1.29, 1.82) is 0 Å². The molecule has 2 rings (SSSR count). The first-order valence-corrected chi connectivity index (χ1v) is 6.66. The normalized spacial score (nSPS) is 20.1. The molecule has 1 aromatic carbocycles. The maximum atomic E-state index is 5.72. The first-order chi connectivity index (χ1) is 8.34. The summed E-state index contributed by atoms with van der Waals surface area (Å²) < 4.78 is 5.72. The lowest BCUT2D eigenvalue weighted by molar-refractivity contribution is 0.0565. The molecule has 1 heteroatoms. The number of hydrogen-bond acceptors (Lipinski definition) is 1. The third-order valence-electron chi connectivity index (χ3n) is 3.40. The Labute approximate surface area is 104 Å². The largest absolute Gasteiger partial charge is 0.374 e. The quantitative estimate of drug-likeness (QED) is 0.546. The molecule has 0 fully saturated rings. The van der Waals surface area contributed by atoms with Gasteiger partial charge in [0.25, 0.3) is 0 Å². The lowest BCUT2D eigenvalue weighted by atomic mass is 10.0. The Bertz CT molecular complexity index is 353. The van der Waals surface area contributed by atoms with Crippen LogP contribution in [0.1, 0.15) is 38.2 Å². The average Bonchev–Trinajstić information content (AvgIpc) is 2.36. The molecule has 0 aliphatic carbocycles. The summed E-state index contributed by atoms with van der Waals surface area (Å²) in [5.41, 5.74) is 2.94. The van der Waals surface area contributed by atoms with Gasteiger partial charge in [0.15, 0.2) is 0 Å². The lowest BCUT2D eigenvalue weighted by Crippen LogP contribution is -2.17. The molecule has 0 amide bonds. The lowest BCUT2D eigenvalue weighted by Gasteiger charge is -2.21. The molecule has 1 aromatic rings. The zero-order chi connectivity index (χ0) is 11.9. The van der Waals surface area contributed by atoms with Crippen LogP contribution in [0.15, 0.2) is 42.0 Å². The molecule has 1 nitrogen and oxygen atoms in total. The van der Waals surface area contributed by atoms with Crippen molar-refractivity contribution in [1.82, 2.24) is 0 Å². The summed E-state index contributed by atoms with van der Waals surface area (Å²) >= 11 is 0. The molecule has 0 saturated heterocycles. The van der Waals surface area contributed by atoms with E-state index in [1.54, 1.807) is 0 Å². The summed E-state index contributed by atoms with van der Waals surface area (Å²) in [6.07, 6.45) is 8.74. The van der Waals surface area contributed by atoms with Crippen molar-refractivity contribution >= 4 is 0 Å². The topological polar surface area (TPSA) is 9.23 Å². The molecule has 17 heavy (non-hydrogen) atoms. The summed E-state index contributed by atoms with van der Waals surface area (Å²) in [7, 11) is 0. The van der Waals surface area contributed by atoms with Crippen LogP contribution in [0.5, 0.6) is 0 Å². The van der Waals surface area contributed by atoms with Crippen molar-refractivity contribution < 1.29 is 4.74 Å². The number of ether oxygens (including phenoxy) is 1. The number of hydrogen-bond donors (Lipinski definition) is 0. The third kappa shape index (κ3) is 4.35. The zero-order valence-electron chi connectivity index (χ0n) is 10.7. The van der Waals surface area contributed by atoms with E-state index in [1.165, 1.54) is 36.8 Å². The Kier molecular flexibility index (Phi) is 4.81. The van der Waals surface area contributed by atoms with Gasteiger partial charge < -0.3 is 4.74 Å². The van der Waals surface area contributed by atoms with E-state index < -0.39 is 0 Å². The van der Waals surface area contributed by atoms with Crippen LogP contribution in [0.25, 0.3) is 0 Å². The van der Waals surface area contributed by atoms with Crippen molar-refractivity contribution in [2.75, 3.05) is 6.61 Å². The van der Waals surface area contributed by atoms with Crippen LogP contribution in [-0.4, -0.2) is 12.7 Å². The minimum absolute atomic E-state index is 0.468. The van der Waals surface area contributed by atoms with E-state index in [1.807, 2.05) is 0 Å². The minimum Gasteiger partial charge on any atom is -0.374 e. The van der Waals surface area contributed by atoms with E-state index in [0.29, 0.717) is 6.10 Å². The highest BCUT2D eigenvalue weighted by atomic mass is 16.5. The van der Waals surface area contributed by atoms with Crippen molar-refractivity contribution in [3.8, 4) is 0 Å². The predicted molar refractivity (Wildman–Crippen MR) is 72.1 cm³/mol. The number of aryl methyl sites for hydroxylation is 1. The van der Waals surface area contributed by atoms with E-state index in [-0.39, 0.29) is 0 Å². The number of rotatable bonds is 5. The molecule has 1 atom stereocenters. The van der Waals surface area contributed by atoms with Crippen molar-refractivity contribution in [3.05, 3.63) is 47.5 Å². The molecular weight excluding hydrogens is 208 g/mol. The molecule has 92 valence electrons. The summed E-state index contributed by atoms with van der Waals surface area (Å²) in [6, 6.07) is 10.7. The monoisotopic (exact) mass is 230 g/mol. The second kappa shape index (κ2) is 6.61. The van der Waals surface area contributed by atoms with Gasteiger partial charge in [0.05, 0.1) is 12.7 Å². The van der Waals surface area contributed by atoms with Crippen molar-refractivity contribution in [2.24, 2.45) is 0 Å². The van der Waals surface area contributed by atoms with Gasteiger partial charge in [-0.3, -0.25) is 0 Å². The Balaban J connectivity index is 1.62. The Hall–Kier alpha value is -1.08. The predicted octanol–water partition coefficient (Wildman–Crippen LogP) is 4.13. The second-order valence-electron chi connectivity index (χ2n) is 4.94. The molecule has 0 bridgehead atoms. The van der Waals surface area contributed by atoms with Gasteiger partial charge in [-0.05, 0) is 38.2 Å². The molecule has 1 aliphatic rings. The molecule has 1 aliphatic heterocycles. The molecule has 0 spiro atoms. The fourth-order valence-electron chi connectivity index (χ4n) is 2.36. The highest BCUT2D eigenvalue weighted by Crippen LogP contribution is 2.19. The second-order valence-corrected chi connectivity index (χ2v) is 4.94. The SMILES string of the molecule is CC1=CCOC(CCCCc2ccccc2)C1. The van der Waals surface area contributed by atoms with Crippen LogP contribution in [0, 0.1) is 0 Å². The van der Waals surface area contributed by atoms with Crippen molar-refractivity contribution in [3.63, 3.8) is 0 Å². The van der Waals surface area contributed by atoms with Gasteiger partial charge in [-0.1, -0.05) is 48.4 Å². The van der Waals surface area contributed by atoms with Crippen LogP contribution in [-0.2, 0) is 11.2 Å². The zero-order valence-corrected chi connectivity index (χ0v) is 10.7. The van der Waals surface area contributed by atoms with Crippen LogP contribution in [0.3, 0.4) is 0 Å². The summed E-state index contributed by atoms with van der Waals surface area (Å²) in [6.45, 7) is 3.02. The molecular formula is C16H22O. The number of unbranched alkanes of at least 4 members (excludes halogenated alkanes) is 1. The number of benzene rings is 1. The van der Waals surface area contributed by atoms with E-state index in [2.05, 4.69) is 43.3 Å². The Morgan fingerprint density at radius 3 is 2.76 bits per heavy atom. The van der Waals surface area contributed by atoms with Gasteiger partial charge in [-0.15, -0.1) is 0 Å². The summed E-state index contributed by atoms with van der Waals surface area (Å²) in [5.74, 6) is 0. The standard InChI is InChI=1S/C16H22O/c1-14-11-12-17-16(13-14)10-6-5-9-15-7-3-2-4-8-15/h2-4,7-8,11,16H,5-6,9-10,12-13H2,1H3. The fraction of sp³-hybridized carbons (Fsp3) is 0.500. The van der Waals surface area contributed by atoms with E-state index in [9.17, 15) is 0 Å². The van der Waals surface area contributed by atoms with Crippen LogP contribution >= 0.6 is 0 Å². The highest BCUT2D eigenvalue weighted by molar-refractivity contribution is 5.14. The van der Waals surface area contributed by atoms with Gasteiger partial charge in [0.1, 0.15) is 0 Å². The molecule has 1 unspecified atom stereocenters. The van der Waals surface area contributed by atoms with Gasteiger partial charge in [-0.2, -0.15) is 0 Å². The fourth-order valence-corrected chi connectivity index (χ4v) is 2.36. The maximum Gasteiger partial charge on any atom is 0.0653 e. The van der Waals surface area contributed by atoms with Crippen LogP contribution in [0.4, 0.5) is 0 Å². The van der Waals surface area contributed by atoms with E-state index >= 15 is 0 Å². The molecule has 1 heterocycles. The van der Waals surface area contributed by atoms with Crippen LogP contribution < -0.4 is 0 Å². The third-order valence-corrected chi connectivity index (χ3v) is 3.40. The Morgan fingerprint density at radius 1 is 1.18 bits per heavy atom. The van der Waals surface area contributed by atoms with Gasteiger partial charge in [0.2, 0.25) is 0 Å². The first-order valence-electron chi connectivity index (χ1n) is 6.66. The average molecular weight is 230 g/mol. The van der Waals surface area contributed by atoms with Crippen LogP contribution in [0.2, 0.25) is 0 Å². The first kappa shape index (κ1) is 12.4. The molecule has 0 N–H and O–H groups in total. The summed E-state index contributed by atoms with van der Waals surface area (Å²) in [4.78, 5) is 0.